The summed E-state index contributed by atoms with van der Waals surface area (Å²) >= 11 is 0. The van der Waals surface area contributed by atoms with Crippen LogP contribution < -0.4 is 10.1 Å². The molecule has 1 aromatic carbocycles. The summed E-state index contributed by atoms with van der Waals surface area (Å²) in [6.07, 6.45) is 8.22. The van der Waals surface area contributed by atoms with Gasteiger partial charge in [-0.3, -0.25) is 0 Å². The molecule has 0 bridgehead atoms. The number of nitrogens with one attached hydrogen (secondary N) is 1. The molecule has 112 valence electrons. The average Bonchev–Trinajstić information content (AvgIpc) is 3.02. The van der Waals surface area contributed by atoms with E-state index in [2.05, 4.69) is 12.2 Å². The third kappa shape index (κ3) is 5.16. The second-order valence-corrected chi connectivity index (χ2v) is 5.92. The third-order valence-corrected chi connectivity index (χ3v) is 4.45. The largest absolute Gasteiger partial charge is 0.494 e. The molecule has 2 nitrogen and oxygen atoms in total. The minimum absolute atomic E-state index is 0.844. The zero-order chi connectivity index (χ0) is 14.0. The summed E-state index contributed by atoms with van der Waals surface area (Å²) in [7, 11) is 0. The van der Waals surface area contributed by atoms with Crippen LogP contribution in [0.1, 0.15) is 45.4 Å². The molecule has 20 heavy (non-hydrogen) atoms. The highest BCUT2D eigenvalue weighted by molar-refractivity contribution is 5.20. The molecule has 1 saturated carbocycles. The molecule has 1 fully saturated rings. The number of para-hydroxylation sites is 1. The Morgan fingerprint density at radius 3 is 2.65 bits per heavy atom. The molecule has 1 aliphatic carbocycles. The van der Waals surface area contributed by atoms with Gasteiger partial charge in [0, 0.05) is 0 Å². The van der Waals surface area contributed by atoms with Gasteiger partial charge in [-0.1, -0.05) is 50.8 Å². The zero-order valence-corrected chi connectivity index (χ0v) is 12.8. The van der Waals surface area contributed by atoms with Gasteiger partial charge in [-0.2, -0.15) is 0 Å². The summed E-state index contributed by atoms with van der Waals surface area (Å²) in [5.41, 5.74) is 0. The van der Waals surface area contributed by atoms with Crippen LogP contribution in [0.5, 0.6) is 5.75 Å². The smallest absolute Gasteiger partial charge is 0.119 e. The lowest BCUT2D eigenvalue weighted by Gasteiger charge is -2.23. The third-order valence-electron chi connectivity index (χ3n) is 4.45. The Bertz CT molecular complexity index is 346. The minimum atomic E-state index is 0.844. The van der Waals surface area contributed by atoms with Gasteiger partial charge in [0.15, 0.2) is 0 Å². The van der Waals surface area contributed by atoms with E-state index in [1.807, 2.05) is 30.3 Å². The number of benzene rings is 1. The lowest BCUT2D eigenvalue weighted by Crippen LogP contribution is -2.27. The Hall–Kier alpha value is -1.02. The van der Waals surface area contributed by atoms with Gasteiger partial charge in [-0.15, -0.1) is 0 Å². The molecular weight excluding hydrogens is 246 g/mol. The van der Waals surface area contributed by atoms with Crippen LogP contribution in [0.25, 0.3) is 0 Å². The van der Waals surface area contributed by atoms with Crippen molar-refractivity contribution >= 4 is 0 Å². The molecule has 1 aliphatic rings. The van der Waals surface area contributed by atoms with Crippen LogP contribution in [0, 0.1) is 11.8 Å². The highest BCUT2D eigenvalue weighted by Gasteiger charge is 2.24. The second kappa shape index (κ2) is 9.02. The van der Waals surface area contributed by atoms with Crippen LogP contribution in [0.4, 0.5) is 0 Å². The summed E-state index contributed by atoms with van der Waals surface area (Å²) in [6.45, 7) is 5.32. The van der Waals surface area contributed by atoms with Crippen molar-refractivity contribution in [3.05, 3.63) is 30.3 Å². The van der Waals surface area contributed by atoms with E-state index in [4.69, 9.17) is 4.74 Å². The van der Waals surface area contributed by atoms with Gasteiger partial charge < -0.3 is 10.1 Å². The van der Waals surface area contributed by atoms with Crippen LogP contribution in [0.2, 0.25) is 0 Å². The monoisotopic (exact) mass is 275 g/mol. The molecular formula is C18H29NO. The number of ether oxygens (including phenoxy) is 1. The molecule has 0 spiro atoms. The Labute approximate surface area is 123 Å². The second-order valence-electron chi connectivity index (χ2n) is 5.92. The van der Waals surface area contributed by atoms with Gasteiger partial charge in [-0.25, -0.2) is 0 Å². The van der Waals surface area contributed by atoms with E-state index in [9.17, 15) is 0 Å². The first-order valence-corrected chi connectivity index (χ1v) is 8.28. The average molecular weight is 275 g/mol. The number of hydrogen-bond donors (Lipinski definition) is 1. The van der Waals surface area contributed by atoms with E-state index in [1.165, 1.54) is 45.1 Å². The van der Waals surface area contributed by atoms with E-state index in [1.54, 1.807) is 0 Å². The van der Waals surface area contributed by atoms with Gasteiger partial charge in [0.1, 0.15) is 5.75 Å². The maximum atomic E-state index is 5.80. The predicted octanol–water partition coefficient (Wildman–Crippen LogP) is 4.26. The summed E-state index contributed by atoms with van der Waals surface area (Å²) in [5, 5.41) is 3.54. The molecule has 1 aromatic rings. The summed E-state index contributed by atoms with van der Waals surface area (Å²) in [6, 6.07) is 10.2. The molecule has 2 heteroatoms. The standard InChI is InChI=1S/C18H29NO/c1-2-19-15-17(16-9-6-7-10-16)11-8-14-20-18-12-4-3-5-13-18/h3-5,12-13,16-17,19H,2,6-11,14-15H2,1H3. The van der Waals surface area contributed by atoms with Crippen molar-refractivity contribution in [3.8, 4) is 5.75 Å². The van der Waals surface area contributed by atoms with Crippen molar-refractivity contribution in [2.24, 2.45) is 11.8 Å². The maximum Gasteiger partial charge on any atom is 0.119 e. The molecule has 0 aliphatic heterocycles. The topological polar surface area (TPSA) is 21.3 Å². The summed E-state index contributed by atoms with van der Waals surface area (Å²) < 4.78 is 5.80. The lowest BCUT2D eigenvalue weighted by molar-refractivity contribution is 0.255. The molecule has 1 unspecified atom stereocenters. The fraction of sp³-hybridized carbons (Fsp3) is 0.667. The van der Waals surface area contributed by atoms with E-state index in [0.29, 0.717) is 0 Å². The van der Waals surface area contributed by atoms with Crippen molar-refractivity contribution in [2.45, 2.75) is 45.4 Å². The fourth-order valence-electron chi connectivity index (χ4n) is 3.32. The summed E-state index contributed by atoms with van der Waals surface area (Å²) in [4.78, 5) is 0. The van der Waals surface area contributed by atoms with Crippen molar-refractivity contribution in [1.82, 2.24) is 5.32 Å². The van der Waals surface area contributed by atoms with Gasteiger partial charge in [0.25, 0.3) is 0 Å². The van der Waals surface area contributed by atoms with Crippen LogP contribution >= 0.6 is 0 Å². The van der Waals surface area contributed by atoms with Gasteiger partial charge >= 0.3 is 0 Å². The molecule has 1 atom stereocenters. The number of rotatable bonds is 9. The van der Waals surface area contributed by atoms with E-state index in [0.717, 1.165) is 30.7 Å². The van der Waals surface area contributed by atoms with E-state index >= 15 is 0 Å². The first-order valence-electron chi connectivity index (χ1n) is 8.28. The highest BCUT2D eigenvalue weighted by Crippen LogP contribution is 2.33. The van der Waals surface area contributed by atoms with E-state index in [-0.39, 0.29) is 0 Å². The normalized spacial score (nSPS) is 17.2. The molecule has 0 aromatic heterocycles. The zero-order valence-electron chi connectivity index (χ0n) is 12.8. The van der Waals surface area contributed by atoms with E-state index < -0.39 is 0 Å². The van der Waals surface area contributed by atoms with Crippen molar-refractivity contribution in [1.29, 1.82) is 0 Å². The van der Waals surface area contributed by atoms with Crippen LogP contribution in [-0.4, -0.2) is 19.7 Å². The molecule has 1 N–H and O–H groups in total. The first kappa shape index (κ1) is 15.4. The molecule has 0 radical (unpaired) electrons. The van der Waals surface area contributed by atoms with Crippen molar-refractivity contribution in [2.75, 3.05) is 19.7 Å². The van der Waals surface area contributed by atoms with Gasteiger partial charge in [-0.05, 0) is 49.9 Å². The quantitative estimate of drug-likeness (QED) is 0.680. The molecule has 0 heterocycles. The van der Waals surface area contributed by atoms with Crippen molar-refractivity contribution in [3.63, 3.8) is 0 Å². The SMILES string of the molecule is CCNCC(CCCOc1ccccc1)C1CCCC1. The summed E-state index contributed by atoms with van der Waals surface area (Å²) in [5.74, 6) is 2.79. The van der Waals surface area contributed by atoms with Crippen LogP contribution in [-0.2, 0) is 0 Å². The maximum absolute atomic E-state index is 5.80. The number of hydrogen-bond acceptors (Lipinski definition) is 2. The molecule has 0 saturated heterocycles. The molecule has 2 rings (SSSR count). The van der Waals surface area contributed by atoms with Gasteiger partial charge in [0.2, 0.25) is 0 Å². The van der Waals surface area contributed by atoms with Gasteiger partial charge in [0.05, 0.1) is 6.61 Å². The van der Waals surface area contributed by atoms with Crippen LogP contribution in [0.15, 0.2) is 30.3 Å². The fourth-order valence-corrected chi connectivity index (χ4v) is 3.32. The molecule has 0 amide bonds. The minimum Gasteiger partial charge on any atom is -0.494 e. The van der Waals surface area contributed by atoms with Crippen LogP contribution in [0.3, 0.4) is 0 Å². The Balaban J connectivity index is 1.68. The first-order chi connectivity index (χ1) is 9.90. The Kier molecular flexibility index (Phi) is 6.93. The highest BCUT2D eigenvalue weighted by atomic mass is 16.5. The van der Waals surface area contributed by atoms with Crippen molar-refractivity contribution < 1.29 is 4.74 Å². The Morgan fingerprint density at radius 2 is 1.95 bits per heavy atom. The lowest BCUT2D eigenvalue weighted by atomic mass is 9.87. The predicted molar refractivity (Wildman–Crippen MR) is 85.2 cm³/mol. The Morgan fingerprint density at radius 1 is 1.20 bits per heavy atom.